The Morgan fingerprint density at radius 2 is 2.00 bits per heavy atom. The van der Waals surface area contributed by atoms with Crippen molar-refractivity contribution in [3.63, 3.8) is 0 Å². The summed E-state index contributed by atoms with van der Waals surface area (Å²) in [5.41, 5.74) is 0.874. The monoisotopic (exact) mass is 215 g/mol. The standard InChI is InChI=1S/C12H13N3O/c1-2-15-11(16)8-9-13-12(15)14-10-6-4-3-5-7-10/h3-9H,2H2,1H3,(H,13,14). The minimum atomic E-state index is -0.0454. The molecular formula is C12H13N3O. The van der Waals surface area contributed by atoms with Crippen LogP contribution in [0.1, 0.15) is 6.92 Å². The lowest BCUT2D eigenvalue weighted by molar-refractivity contribution is 0.719. The summed E-state index contributed by atoms with van der Waals surface area (Å²) < 4.78 is 1.59. The van der Waals surface area contributed by atoms with Crippen molar-refractivity contribution in [1.82, 2.24) is 9.55 Å². The predicted octanol–water partition coefficient (Wildman–Crippen LogP) is 2.01. The molecule has 1 aromatic heterocycles. The number of anilines is 2. The van der Waals surface area contributed by atoms with Crippen LogP contribution in [0.15, 0.2) is 47.4 Å². The summed E-state index contributed by atoms with van der Waals surface area (Å²) in [6.07, 6.45) is 1.51. The highest BCUT2D eigenvalue weighted by atomic mass is 16.1. The molecule has 4 heteroatoms. The Morgan fingerprint density at radius 3 is 2.69 bits per heavy atom. The van der Waals surface area contributed by atoms with E-state index < -0.39 is 0 Å². The van der Waals surface area contributed by atoms with Crippen molar-refractivity contribution in [3.8, 4) is 0 Å². The van der Waals surface area contributed by atoms with E-state index in [0.717, 1.165) is 5.69 Å². The second-order valence-electron chi connectivity index (χ2n) is 3.34. The Kier molecular flexibility index (Phi) is 3.00. The third kappa shape index (κ3) is 2.11. The van der Waals surface area contributed by atoms with Crippen molar-refractivity contribution in [2.24, 2.45) is 0 Å². The molecule has 0 spiro atoms. The summed E-state index contributed by atoms with van der Waals surface area (Å²) in [5.74, 6) is 0.571. The molecule has 0 amide bonds. The Labute approximate surface area is 93.6 Å². The number of para-hydroxylation sites is 1. The van der Waals surface area contributed by atoms with Crippen LogP contribution in [0.25, 0.3) is 0 Å². The van der Waals surface area contributed by atoms with E-state index >= 15 is 0 Å². The van der Waals surface area contributed by atoms with E-state index in [9.17, 15) is 4.79 Å². The maximum atomic E-state index is 11.5. The van der Waals surface area contributed by atoms with Gasteiger partial charge >= 0.3 is 0 Å². The van der Waals surface area contributed by atoms with Crippen molar-refractivity contribution in [2.75, 3.05) is 5.32 Å². The number of benzene rings is 1. The molecule has 0 atom stereocenters. The maximum Gasteiger partial charge on any atom is 0.254 e. The van der Waals surface area contributed by atoms with Gasteiger partial charge in [0.25, 0.3) is 5.56 Å². The van der Waals surface area contributed by atoms with Crippen molar-refractivity contribution in [3.05, 3.63) is 52.9 Å². The average Bonchev–Trinajstić information content (AvgIpc) is 2.31. The first-order valence-corrected chi connectivity index (χ1v) is 5.19. The van der Waals surface area contributed by atoms with Crippen LogP contribution in [-0.2, 0) is 6.54 Å². The van der Waals surface area contributed by atoms with Crippen LogP contribution < -0.4 is 10.9 Å². The van der Waals surface area contributed by atoms with E-state index in [4.69, 9.17) is 0 Å². The molecule has 0 aliphatic heterocycles. The Bertz CT molecular complexity index is 519. The van der Waals surface area contributed by atoms with Gasteiger partial charge in [-0.25, -0.2) is 4.98 Å². The van der Waals surface area contributed by atoms with E-state index in [2.05, 4.69) is 10.3 Å². The van der Waals surface area contributed by atoms with Crippen molar-refractivity contribution in [1.29, 1.82) is 0 Å². The fraction of sp³-hybridized carbons (Fsp3) is 0.167. The highest BCUT2D eigenvalue weighted by Gasteiger charge is 2.02. The van der Waals surface area contributed by atoms with Crippen LogP contribution in [0.5, 0.6) is 0 Å². The van der Waals surface area contributed by atoms with Crippen LogP contribution in [-0.4, -0.2) is 9.55 Å². The largest absolute Gasteiger partial charge is 0.326 e. The number of hydrogen-bond acceptors (Lipinski definition) is 3. The SMILES string of the molecule is CCn1c(Nc2ccccc2)nccc1=O. The fourth-order valence-electron chi connectivity index (χ4n) is 1.49. The minimum absolute atomic E-state index is 0.0454. The summed E-state index contributed by atoms with van der Waals surface area (Å²) >= 11 is 0. The number of nitrogens with zero attached hydrogens (tertiary/aromatic N) is 2. The van der Waals surface area contributed by atoms with Gasteiger partial charge in [0.2, 0.25) is 5.95 Å². The lowest BCUT2D eigenvalue weighted by Gasteiger charge is -2.10. The molecule has 0 bridgehead atoms. The van der Waals surface area contributed by atoms with E-state index in [-0.39, 0.29) is 5.56 Å². The summed E-state index contributed by atoms with van der Waals surface area (Å²) in [6.45, 7) is 2.51. The third-order valence-corrected chi connectivity index (χ3v) is 2.28. The Balaban J connectivity index is 2.35. The topological polar surface area (TPSA) is 46.9 Å². The highest BCUT2D eigenvalue weighted by molar-refractivity contribution is 5.52. The molecule has 0 aliphatic rings. The smallest absolute Gasteiger partial charge is 0.254 e. The summed E-state index contributed by atoms with van der Waals surface area (Å²) in [7, 11) is 0. The van der Waals surface area contributed by atoms with Gasteiger partial charge in [-0.15, -0.1) is 0 Å². The van der Waals surface area contributed by atoms with Crippen LogP contribution in [0.4, 0.5) is 11.6 Å². The molecule has 82 valence electrons. The van der Waals surface area contributed by atoms with Gasteiger partial charge in [-0.2, -0.15) is 0 Å². The summed E-state index contributed by atoms with van der Waals surface area (Å²) in [5, 5.41) is 3.12. The first-order chi connectivity index (χ1) is 7.81. The van der Waals surface area contributed by atoms with Gasteiger partial charge in [0.05, 0.1) is 0 Å². The van der Waals surface area contributed by atoms with Crippen molar-refractivity contribution >= 4 is 11.6 Å². The van der Waals surface area contributed by atoms with Crippen LogP contribution >= 0.6 is 0 Å². The zero-order chi connectivity index (χ0) is 11.4. The van der Waals surface area contributed by atoms with Gasteiger partial charge in [0, 0.05) is 24.5 Å². The first-order valence-electron chi connectivity index (χ1n) is 5.19. The van der Waals surface area contributed by atoms with E-state index in [0.29, 0.717) is 12.5 Å². The molecular weight excluding hydrogens is 202 g/mol. The predicted molar refractivity (Wildman–Crippen MR) is 63.9 cm³/mol. The van der Waals surface area contributed by atoms with Crippen LogP contribution in [0.2, 0.25) is 0 Å². The van der Waals surface area contributed by atoms with Crippen LogP contribution in [0, 0.1) is 0 Å². The summed E-state index contributed by atoms with van der Waals surface area (Å²) in [4.78, 5) is 15.7. The molecule has 2 aromatic rings. The fourth-order valence-corrected chi connectivity index (χ4v) is 1.49. The zero-order valence-corrected chi connectivity index (χ0v) is 9.05. The molecule has 4 nitrogen and oxygen atoms in total. The van der Waals surface area contributed by atoms with Gasteiger partial charge in [0.15, 0.2) is 0 Å². The number of aromatic nitrogens is 2. The Morgan fingerprint density at radius 1 is 1.25 bits per heavy atom. The minimum Gasteiger partial charge on any atom is -0.326 e. The van der Waals surface area contributed by atoms with E-state index in [1.54, 1.807) is 4.57 Å². The van der Waals surface area contributed by atoms with Crippen LogP contribution in [0.3, 0.4) is 0 Å². The molecule has 0 saturated heterocycles. The number of nitrogens with one attached hydrogen (secondary N) is 1. The molecule has 1 heterocycles. The van der Waals surface area contributed by atoms with Gasteiger partial charge in [-0.1, -0.05) is 18.2 Å². The highest BCUT2D eigenvalue weighted by Crippen LogP contribution is 2.11. The van der Waals surface area contributed by atoms with E-state index in [1.807, 2.05) is 37.3 Å². The Hall–Kier alpha value is -2.10. The lowest BCUT2D eigenvalue weighted by Crippen LogP contribution is -2.21. The number of hydrogen-bond donors (Lipinski definition) is 1. The molecule has 0 radical (unpaired) electrons. The molecule has 0 saturated carbocycles. The normalized spacial score (nSPS) is 10.1. The summed E-state index contributed by atoms with van der Waals surface area (Å²) in [6, 6.07) is 11.1. The molecule has 1 N–H and O–H groups in total. The van der Waals surface area contributed by atoms with Crippen molar-refractivity contribution < 1.29 is 0 Å². The molecule has 16 heavy (non-hydrogen) atoms. The zero-order valence-electron chi connectivity index (χ0n) is 9.05. The second-order valence-corrected chi connectivity index (χ2v) is 3.34. The molecule has 2 rings (SSSR count). The lowest BCUT2D eigenvalue weighted by atomic mass is 10.3. The van der Waals surface area contributed by atoms with E-state index in [1.165, 1.54) is 12.3 Å². The van der Waals surface area contributed by atoms with Gasteiger partial charge in [-0.05, 0) is 19.1 Å². The maximum absolute atomic E-state index is 11.5. The van der Waals surface area contributed by atoms with Crippen molar-refractivity contribution in [2.45, 2.75) is 13.5 Å². The second kappa shape index (κ2) is 4.61. The van der Waals surface area contributed by atoms with Gasteiger partial charge in [-0.3, -0.25) is 9.36 Å². The van der Waals surface area contributed by atoms with Gasteiger partial charge in [0.1, 0.15) is 0 Å². The average molecular weight is 215 g/mol. The quantitative estimate of drug-likeness (QED) is 0.851. The number of rotatable bonds is 3. The molecule has 1 aromatic carbocycles. The first kappa shape index (κ1) is 10.4. The van der Waals surface area contributed by atoms with Gasteiger partial charge < -0.3 is 5.32 Å². The molecule has 0 aliphatic carbocycles. The third-order valence-electron chi connectivity index (χ3n) is 2.28. The molecule has 0 fully saturated rings. The molecule has 0 unspecified atom stereocenters.